The SMILES string of the molecule is CCOC(=O)c1c(C)[nH]c(C(=O)Cn2c3c(sc2=O)CCCC3)c1C. The third-order valence-electron chi connectivity index (χ3n) is 4.64. The van der Waals surface area contributed by atoms with E-state index in [1.807, 2.05) is 0 Å². The van der Waals surface area contributed by atoms with Crippen LogP contribution in [0.25, 0.3) is 0 Å². The first-order valence-corrected chi connectivity index (χ1v) is 9.36. The molecule has 6 nitrogen and oxygen atoms in total. The van der Waals surface area contributed by atoms with Crippen molar-refractivity contribution in [3.8, 4) is 0 Å². The highest BCUT2D eigenvalue weighted by Crippen LogP contribution is 2.24. The molecule has 0 saturated heterocycles. The molecule has 0 aromatic carbocycles. The molecule has 2 heterocycles. The van der Waals surface area contributed by atoms with Crippen molar-refractivity contribution < 1.29 is 14.3 Å². The zero-order chi connectivity index (χ0) is 18.1. The van der Waals surface area contributed by atoms with Gasteiger partial charge in [0.1, 0.15) is 0 Å². The molecule has 0 aliphatic heterocycles. The van der Waals surface area contributed by atoms with Gasteiger partial charge in [-0.1, -0.05) is 11.3 Å². The number of nitrogens with zero attached hydrogens (tertiary/aromatic N) is 1. The molecule has 7 heteroatoms. The molecular formula is C18H22N2O4S. The Bertz CT molecular complexity index is 888. The Morgan fingerprint density at radius 3 is 2.68 bits per heavy atom. The van der Waals surface area contributed by atoms with E-state index in [-0.39, 0.29) is 23.8 Å². The number of hydrogen-bond acceptors (Lipinski definition) is 5. The van der Waals surface area contributed by atoms with Gasteiger partial charge in [0.05, 0.1) is 24.4 Å². The van der Waals surface area contributed by atoms with Crippen LogP contribution in [0.5, 0.6) is 0 Å². The number of esters is 1. The minimum Gasteiger partial charge on any atom is -0.462 e. The molecule has 134 valence electrons. The second kappa shape index (κ2) is 7.00. The fraction of sp³-hybridized carbons (Fsp3) is 0.500. The molecule has 2 aromatic rings. The number of Topliss-reactive ketones (excluding diaryl/α,β-unsaturated/α-hetero) is 1. The number of aromatic nitrogens is 2. The van der Waals surface area contributed by atoms with Crippen LogP contribution in [0.15, 0.2) is 4.79 Å². The molecule has 3 rings (SSSR count). The number of H-pyrrole nitrogens is 1. The lowest BCUT2D eigenvalue weighted by molar-refractivity contribution is 0.0525. The molecule has 2 aromatic heterocycles. The van der Waals surface area contributed by atoms with Gasteiger partial charge in [-0.05, 0) is 52.0 Å². The minimum absolute atomic E-state index is 0.00766. The lowest BCUT2D eigenvalue weighted by Gasteiger charge is -2.13. The number of aromatic amines is 1. The maximum atomic E-state index is 12.8. The first-order valence-electron chi connectivity index (χ1n) is 8.54. The summed E-state index contributed by atoms with van der Waals surface area (Å²) in [5.74, 6) is -0.623. The molecule has 1 aliphatic carbocycles. The highest BCUT2D eigenvalue weighted by atomic mass is 32.1. The summed E-state index contributed by atoms with van der Waals surface area (Å²) in [6.45, 7) is 5.51. The monoisotopic (exact) mass is 362 g/mol. The Morgan fingerprint density at radius 1 is 1.24 bits per heavy atom. The Morgan fingerprint density at radius 2 is 1.96 bits per heavy atom. The van der Waals surface area contributed by atoms with E-state index < -0.39 is 5.97 Å². The fourth-order valence-corrected chi connectivity index (χ4v) is 4.52. The van der Waals surface area contributed by atoms with Gasteiger partial charge in [-0.15, -0.1) is 0 Å². The highest BCUT2D eigenvalue weighted by Gasteiger charge is 2.25. The van der Waals surface area contributed by atoms with Crippen molar-refractivity contribution in [3.63, 3.8) is 0 Å². The summed E-state index contributed by atoms with van der Waals surface area (Å²) in [5.41, 5.74) is 2.98. The third kappa shape index (κ3) is 3.20. The van der Waals surface area contributed by atoms with Gasteiger partial charge in [0.2, 0.25) is 0 Å². The number of thiazole rings is 1. The molecule has 0 spiro atoms. The summed E-state index contributed by atoms with van der Waals surface area (Å²) >= 11 is 1.25. The maximum Gasteiger partial charge on any atom is 0.340 e. The summed E-state index contributed by atoms with van der Waals surface area (Å²) in [6.07, 6.45) is 3.91. The number of hydrogen-bond donors (Lipinski definition) is 1. The number of rotatable bonds is 5. The van der Waals surface area contributed by atoms with Crippen LogP contribution in [0, 0.1) is 13.8 Å². The van der Waals surface area contributed by atoms with Crippen LogP contribution in [-0.2, 0) is 24.1 Å². The van der Waals surface area contributed by atoms with E-state index in [0.29, 0.717) is 22.5 Å². The summed E-state index contributed by atoms with van der Waals surface area (Å²) in [6, 6.07) is 0. The largest absolute Gasteiger partial charge is 0.462 e. The van der Waals surface area contributed by atoms with Gasteiger partial charge in [0.25, 0.3) is 0 Å². The number of ketones is 1. The summed E-state index contributed by atoms with van der Waals surface area (Å²) < 4.78 is 6.66. The summed E-state index contributed by atoms with van der Waals surface area (Å²) in [5, 5.41) is 0. The van der Waals surface area contributed by atoms with E-state index in [4.69, 9.17) is 4.74 Å². The minimum atomic E-state index is -0.433. The molecule has 0 radical (unpaired) electrons. The highest BCUT2D eigenvalue weighted by molar-refractivity contribution is 7.09. The fourth-order valence-electron chi connectivity index (χ4n) is 3.45. The van der Waals surface area contributed by atoms with Gasteiger partial charge in [0.15, 0.2) is 5.78 Å². The summed E-state index contributed by atoms with van der Waals surface area (Å²) in [7, 11) is 0. The van der Waals surface area contributed by atoms with Crippen LogP contribution >= 0.6 is 11.3 Å². The molecule has 25 heavy (non-hydrogen) atoms. The molecule has 0 unspecified atom stereocenters. The van der Waals surface area contributed by atoms with Crippen LogP contribution in [0.4, 0.5) is 0 Å². The first kappa shape index (κ1) is 17.7. The van der Waals surface area contributed by atoms with Crippen molar-refractivity contribution in [2.24, 2.45) is 0 Å². The smallest absolute Gasteiger partial charge is 0.340 e. The molecule has 0 saturated carbocycles. The van der Waals surface area contributed by atoms with Gasteiger partial charge in [-0.2, -0.15) is 0 Å². The standard InChI is InChI=1S/C18H22N2O4S/c1-4-24-17(22)15-10(2)16(19-11(15)3)13(21)9-20-12-7-5-6-8-14(12)25-18(20)23/h19H,4-9H2,1-3H3. The molecule has 0 bridgehead atoms. The zero-order valence-electron chi connectivity index (χ0n) is 14.7. The quantitative estimate of drug-likeness (QED) is 0.655. The van der Waals surface area contributed by atoms with Crippen molar-refractivity contribution in [2.75, 3.05) is 6.61 Å². The predicted octanol–water partition coefficient (Wildman–Crippen LogP) is 2.79. The number of carbonyl (C=O) groups excluding carboxylic acids is 2. The third-order valence-corrected chi connectivity index (χ3v) is 5.72. The van der Waals surface area contributed by atoms with Gasteiger partial charge >= 0.3 is 10.8 Å². The average molecular weight is 362 g/mol. The first-order chi connectivity index (χ1) is 11.9. The second-order valence-electron chi connectivity index (χ2n) is 6.30. The molecule has 0 amide bonds. The van der Waals surface area contributed by atoms with E-state index in [2.05, 4.69) is 4.98 Å². The van der Waals surface area contributed by atoms with E-state index in [0.717, 1.165) is 36.3 Å². The van der Waals surface area contributed by atoms with Crippen LogP contribution in [0.2, 0.25) is 0 Å². The van der Waals surface area contributed by atoms with Crippen LogP contribution < -0.4 is 4.87 Å². The molecule has 1 N–H and O–H groups in total. The van der Waals surface area contributed by atoms with Gasteiger partial charge < -0.3 is 9.72 Å². The zero-order valence-corrected chi connectivity index (χ0v) is 15.5. The van der Waals surface area contributed by atoms with Crippen molar-refractivity contribution in [1.82, 2.24) is 9.55 Å². The van der Waals surface area contributed by atoms with Crippen molar-refractivity contribution >= 4 is 23.1 Å². The van der Waals surface area contributed by atoms with Crippen molar-refractivity contribution in [3.05, 3.63) is 42.8 Å². The van der Waals surface area contributed by atoms with Crippen LogP contribution in [0.1, 0.15) is 62.4 Å². The second-order valence-corrected chi connectivity index (χ2v) is 7.35. The maximum absolute atomic E-state index is 12.8. The van der Waals surface area contributed by atoms with Gasteiger partial charge in [0, 0.05) is 16.3 Å². The van der Waals surface area contributed by atoms with Crippen LogP contribution in [-0.4, -0.2) is 27.9 Å². The van der Waals surface area contributed by atoms with Crippen molar-refractivity contribution in [1.29, 1.82) is 0 Å². The van der Waals surface area contributed by atoms with Crippen molar-refractivity contribution in [2.45, 2.75) is 53.0 Å². The number of fused-ring (bicyclic) bond motifs is 1. The van der Waals surface area contributed by atoms with E-state index in [9.17, 15) is 14.4 Å². The predicted molar refractivity (Wildman–Crippen MR) is 95.8 cm³/mol. The molecule has 1 aliphatic rings. The van der Waals surface area contributed by atoms with E-state index in [1.165, 1.54) is 11.3 Å². The summed E-state index contributed by atoms with van der Waals surface area (Å²) in [4.78, 5) is 41.2. The lowest BCUT2D eigenvalue weighted by Crippen LogP contribution is -2.23. The Balaban J connectivity index is 1.90. The number of nitrogens with one attached hydrogen (secondary N) is 1. The van der Waals surface area contributed by atoms with E-state index >= 15 is 0 Å². The Hall–Kier alpha value is -2.15. The normalized spacial score (nSPS) is 13.6. The topological polar surface area (TPSA) is 81.2 Å². The van der Waals surface area contributed by atoms with E-state index in [1.54, 1.807) is 25.3 Å². The van der Waals surface area contributed by atoms with Crippen LogP contribution in [0.3, 0.4) is 0 Å². The molecule has 0 fully saturated rings. The average Bonchev–Trinajstić information content (AvgIpc) is 3.04. The Labute approximate surface area is 149 Å². The molecular weight excluding hydrogens is 340 g/mol. The molecule has 0 atom stereocenters. The Kier molecular flexibility index (Phi) is 4.94. The number of ether oxygens (including phenoxy) is 1. The van der Waals surface area contributed by atoms with Gasteiger partial charge in [-0.3, -0.25) is 14.2 Å². The van der Waals surface area contributed by atoms with Gasteiger partial charge in [-0.25, -0.2) is 4.79 Å². The number of carbonyl (C=O) groups is 2. The lowest BCUT2D eigenvalue weighted by atomic mass is 10.0. The number of aryl methyl sites for hydroxylation is 2.